The number of carbonyl (C=O) groups is 3. The zero-order valence-corrected chi connectivity index (χ0v) is 20.1. The van der Waals surface area contributed by atoms with Crippen LogP contribution in [0.5, 0.6) is 0 Å². The number of benzene rings is 1. The van der Waals surface area contributed by atoms with Crippen molar-refractivity contribution in [3.05, 3.63) is 47.2 Å². The largest absolute Gasteiger partial charge is 0.481 e. The van der Waals surface area contributed by atoms with Gasteiger partial charge in [0.2, 0.25) is 5.95 Å². The average molecular weight is 496 g/mol. The van der Waals surface area contributed by atoms with Crippen molar-refractivity contribution < 1.29 is 24.6 Å². The van der Waals surface area contributed by atoms with Crippen LogP contribution in [-0.4, -0.2) is 55.6 Å². The molecule has 0 aliphatic carbocycles. The monoisotopic (exact) mass is 495 g/mol. The van der Waals surface area contributed by atoms with Crippen molar-refractivity contribution in [2.24, 2.45) is 0 Å². The van der Waals surface area contributed by atoms with Gasteiger partial charge in [0.15, 0.2) is 5.65 Å². The Balaban J connectivity index is 1.79. The van der Waals surface area contributed by atoms with Crippen LogP contribution in [0.4, 0.5) is 17.5 Å². The molecule has 0 unspecified atom stereocenters. The SMILES string of the molecule is CCCN(Cc1cnc2nc(N)nc(N)c2c1C)c1ccc(C(=O)N[C@@H](CCC(=O)O)C(=O)O)cc1. The lowest BCUT2D eigenvalue weighted by molar-refractivity contribution is -0.140. The van der Waals surface area contributed by atoms with E-state index in [0.717, 1.165) is 29.8 Å². The number of rotatable bonds is 11. The number of carboxylic acid groups (broad SMARTS) is 2. The number of carboxylic acids is 2. The highest BCUT2D eigenvalue weighted by atomic mass is 16.4. The van der Waals surface area contributed by atoms with Gasteiger partial charge in [0, 0.05) is 37.0 Å². The maximum Gasteiger partial charge on any atom is 0.326 e. The Hall–Kier alpha value is -4.48. The second kappa shape index (κ2) is 11.3. The van der Waals surface area contributed by atoms with Crippen molar-refractivity contribution in [2.45, 2.75) is 45.7 Å². The molecule has 0 bridgehead atoms. The molecule has 7 N–H and O–H groups in total. The molecule has 0 saturated heterocycles. The Bertz CT molecular complexity index is 1280. The highest BCUT2D eigenvalue weighted by Crippen LogP contribution is 2.26. The number of hydrogen-bond acceptors (Lipinski definition) is 9. The number of anilines is 3. The van der Waals surface area contributed by atoms with Crippen LogP contribution < -0.4 is 21.7 Å². The van der Waals surface area contributed by atoms with E-state index in [-0.39, 0.29) is 30.2 Å². The number of nitrogens with one attached hydrogen (secondary N) is 1. The Morgan fingerprint density at radius 2 is 1.81 bits per heavy atom. The van der Waals surface area contributed by atoms with E-state index in [1.54, 1.807) is 30.5 Å². The van der Waals surface area contributed by atoms with E-state index in [0.29, 0.717) is 17.6 Å². The van der Waals surface area contributed by atoms with Gasteiger partial charge < -0.3 is 31.9 Å². The van der Waals surface area contributed by atoms with Gasteiger partial charge in [-0.25, -0.2) is 9.78 Å². The number of pyridine rings is 1. The number of amides is 1. The fraction of sp³-hybridized carbons (Fsp3) is 0.333. The number of nitrogens with zero attached hydrogens (tertiary/aromatic N) is 4. The van der Waals surface area contributed by atoms with Gasteiger partial charge in [0.25, 0.3) is 5.91 Å². The third kappa shape index (κ3) is 6.14. The maximum absolute atomic E-state index is 12.6. The molecule has 190 valence electrons. The van der Waals surface area contributed by atoms with Crippen molar-refractivity contribution in [3.63, 3.8) is 0 Å². The minimum absolute atomic E-state index is 0.0629. The van der Waals surface area contributed by atoms with Gasteiger partial charge in [-0.15, -0.1) is 0 Å². The molecule has 3 rings (SSSR count). The summed E-state index contributed by atoms with van der Waals surface area (Å²) in [6.07, 6.45) is 2.03. The van der Waals surface area contributed by atoms with Gasteiger partial charge in [-0.3, -0.25) is 9.59 Å². The van der Waals surface area contributed by atoms with Crippen LogP contribution in [0.1, 0.15) is 47.7 Å². The second-order valence-electron chi connectivity index (χ2n) is 8.34. The van der Waals surface area contributed by atoms with E-state index < -0.39 is 23.9 Å². The molecule has 1 amide bonds. The summed E-state index contributed by atoms with van der Waals surface area (Å²) in [7, 11) is 0. The number of aromatic nitrogens is 3. The fourth-order valence-electron chi connectivity index (χ4n) is 3.86. The summed E-state index contributed by atoms with van der Waals surface area (Å²) in [6, 6.07) is 5.46. The molecule has 0 aliphatic heterocycles. The Morgan fingerprint density at radius 3 is 2.42 bits per heavy atom. The molecule has 0 saturated carbocycles. The van der Waals surface area contributed by atoms with Crippen molar-refractivity contribution in [1.82, 2.24) is 20.3 Å². The van der Waals surface area contributed by atoms with Gasteiger partial charge in [-0.2, -0.15) is 9.97 Å². The zero-order valence-electron chi connectivity index (χ0n) is 20.1. The molecule has 36 heavy (non-hydrogen) atoms. The number of fused-ring (bicyclic) bond motifs is 1. The van der Waals surface area contributed by atoms with Crippen LogP contribution in [0.3, 0.4) is 0 Å². The van der Waals surface area contributed by atoms with Crippen molar-refractivity contribution in [3.8, 4) is 0 Å². The molecule has 12 heteroatoms. The van der Waals surface area contributed by atoms with Crippen molar-refractivity contribution in [2.75, 3.05) is 22.9 Å². The summed E-state index contributed by atoms with van der Waals surface area (Å²) in [5, 5.41) is 21.1. The van der Waals surface area contributed by atoms with E-state index in [4.69, 9.17) is 16.6 Å². The second-order valence-corrected chi connectivity index (χ2v) is 8.34. The van der Waals surface area contributed by atoms with E-state index in [9.17, 15) is 19.5 Å². The number of carbonyl (C=O) groups excluding carboxylic acids is 1. The van der Waals surface area contributed by atoms with E-state index in [2.05, 4.69) is 32.1 Å². The smallest absolute Gasteiger partial charge is 0.326 e. The average Bonchev–Trinajstić information content (AvgIpc) is 2.82. The van der Waals surface area contributed by atoms with Gasteiger partial charge in [0.1, 0.15) is 11.9 Å². The standard InChI is InChI=1S/C24H29N7O5/c1-3-10-31(12-15-11-27-21-19(13(15)2)20(25)29-24(26)30-21)16-6-4-14(5-7-16)22(34)28-17(23(35)36)8-9-18(32)33/h4-7,11,17H,3,8-10,12H2,1-2H3,(H,28,34)(H,32,33)(H,35,36)(H4,25,26,27,29,30)/t17-/m0/s1. The summed E-state index contributed by atoms with van der Waals surface area (Å²) in [4.78, 5) is 49.4. The lowest BCUT2D eigenvalue weighted by Crippen LogP contribution is -2.41. The van der Waals surface area contributed by atoms with Crippen molar-refractivity contribution >= 4 is 46.3 Å². The molecule has 0 aliphatic rings. The lowest BCUT2D eigenvalue weighted by atomic mass is 10.1. The summed E-state index contributed by atoms with van der Waals surface area (Å²) >= 11 is 0. The topological polar surface area (TPSA) is 198 Å². The van der Waals surface area contributed by atoms with Crippen LogP contribution in [0, 0.1) is 6.92 Å². The van der Waals surface area contributed by atoms with Crippen LogP contribution in [0.15, 0.2) is 30.5 Å². The van der Waals surface area contributed by atoms with Crippen LogP contribution >= 0.6 is 0 Å². The third-order valence-electron chi connectivity index (χ3n) is 5.73. The molecular formula is C24H29N7O5. The molecule has 0 spiro atoms. The first kappa shape index (κ1) is 26.1. The minimum Gasteiger partial charge on any atom is -0.481 e. The van der Waals surface area contributed by atoms with Gasteiger partial charge in [-0.05, 0) is 55.2 Å². The Morgan fingerprint density at radius 1 is 1.11 bits per heavy atom. The number of aliphatic carboxylic acids is 2. The molecule has 0 fully saturated rings. The maximum atomic E-state index is 12.6. The predicted molar refractivity (Wildman–Crippen MR) is 134 cm³/mol. The molecule has 1 atom stereocenters. The minimum atomic E-state index is -1.29. The van der Waals surface area contributed by atoms with Crippen LogP contribution in [0.25, 0.3) is 11.0 Å². The van der Waals surface area contributed by atoms with E-state index in [1.165, 1.54) is 0 Å². The number of hydrogen-bond donors (Lipinski definition) is 5. The summed E-state index contributed by atoms with van der Waals surface area (Å²) in [6.45, 7) is 5.23. The molecule has 12 nitrogen and oxygen atoms in total. The molecule has 0 radical (unpaired) electrons. The normalized spacial score (nSPS) is 11.7. The molecule has 2 heterocycles. The number of aryl methyl sites for hydroxylation is 1. The van der Waals surface area contributed by atoms with Gasteiger partial charge in [-0.1, -0.05) is 6.92 Å². The molecule has 2 aromatic heterocycles. The van der Waals surface area contributed by atoms with E-state index in [1.807, 2.05) is 6.92 Å². The number of nitrogen functional groups attached to an aromatic ring is 2. The highest BCUT2D eigenvalue weighted by molar-refractivity contribution is 5.97. The first-order valence-corrected chi connectivity index (χ1v) is 11.4. The summed E-state index contributed by atoms with van der Waals surface area (Å²) in [5.41, 5.74) is 15.1. The quantitative estimate of drug-likeness (QED) is 0.260. The molecule has 3 aromatic rings. The third-order valence-corrected chi connectivity index (χ3v) is 5.73. The first-order valence-electron chi connectivity index (χ1n) is 11.4. The zero-order chi connectivity index (χ0) is 26.4. The predicted octanol–water partition coefficient (Wildman–Crippen LogP) is 1.96. The highest BCUT2D eigenvalue weighted by Gasteiger charge is 2.22. The first-order chi connectivity index (χ1) is 17.1. The Labute approximate surface area is 207 Å². The van der Waals surface area contributed by atoms with Gasteiger partial charge >= 0.3 is 11.9 Å². The van der Waals surface area contributed by atoms with E-state index >= 15 is 0 Å². The fourth-order valence-corrected chi connectivity index (χ4v) is 3.86. The van der Waals surface area contributed by atoms with Gasteiger partial charge in [0.05, 0.1) is 5.39 Å². The van der Waals surface area contributed by atoms with Crippen LogP contribution in [0.2, 0.25) is 0 Å². The summed E-state index contributed by atoms with van der Waals surface area (Å²) in [5.74, 6) is -2.68. The Kier molecular flexibility index (Phi) is 8.20. The van der Waals surface area contributed by atoms with Crippen molar-refractivity contribution in [1.29, 1.82) is 0 Å². The van der Waals surface area contributed by atoms with Crippen LogP contribution in [-0.2, 0) is 16.1 Å². The molecular weight excluding hydrogens is 466 g/mol. The summed E-state index contributed by atoms with van der Waals surface area (Å²) < 4.78 is 0. The molecule has 1 aromatic carbocycles. The lowest BCUT2D eigenvalue weighted by Gasteiger charge is -2.26. The number of nitrogens with two attached hydrogens (primary N) is 2.